The third-order valence-electron chi connectivity index (χ3n) is 2.74. The summed E-state index contributed by atoms with van der Waals surface area (Å²) in [6, 6.07) is 2.09. The maximum Gasteiger partial charge on any atom is 0.266 e. The molecule has 2 rings (SSSR count). The number of hydrogen-bond acceptors (Lipinski definition) is 0. The maximum absolute atomic E-state index is 13.8. The Hall–Kier alpha value is -2.12. The van der Waals surface area contributed by atoms with Gasteiger partial charge in [-0.3, -0.25) is 0 Å². The number of rotatable bonds is 2. The van der Waals surface area contributed by atoms with Crippen LogP contribution in [0.2, 0.25) is 0 Å². The van der Waals surface area contributed by atoms with Gasteiger partial charge in [0, 0.05) is 5.56 Å². The molecule has 0 heterocycles. The molecule has 0 N–H and O–H groups in total. The lowest BCUT2D eigenvalue weighted by Crippen LogP contribution is -2.06. The maximum atomic E-state index is 13.8. The predicted molar refractivity (Wildman–Crippen MR) is 56.6 cm³/mol. The first-order chi connectivity index (χ1) is 9.77. The van der Waals surface area contributed by atoms with Crippen LogP contribution in [0.5, 0.6) is 0 Å². The van der Waals surface area contributed by atoms with E-state index in [4.69, 9.17) is 0 Å². The fraction of sp³-hybridized carbons (Fsp3) is 0.0769. The smallest absolute Gasteiger partial charge is 0.206 e. The van der Waals surface area contributed by atoms with E-state index < -0.39 is 58.0 Å². The largest absolute Gasteiger partial charge is 0.266 e. The second-order valence-electron chi connectivity index (χ2n) is 3.95. The van der Waals surface area contributed by atoms with Crippen molar-refractivity contribution in [2.75, 3.05) is 0 Å². The van der Waals surface area contributed by atoms with Gasteiger partial charge in [-0.25, -0.2) is 35.1 Å². The van der Waals surface area contributed by atoms with Crippen molar-refractivity contribution in [2.45, 2.75) is 6.43 Å². The molecule has 112 valence electrons. The molecule has 0 spiro atoms. The topological polar surface area (TPSA) is 0 Å². The van der Waals surface area contributed by atoms with Gasteiger partial charge in [-0.2, -0.15) is 0 Å². The van der Waals surface area contributed by atoms with E-state index in [1.807, 2.05) is 0 Å². The Kier molecular flexibility index (Phi) is 3.89. The molecule has 0 fully saturated rings. The van der Waals surface area contributed by atoms with Crippen LogP contribution < -0.4 is 0 Å². The minimum atomic E-state index is -3.31. The summed E-state index contributed by atoms with van der Waals surface area (Å²) in [5.74, 6) is -13.3. The second kappa shape index (κ2) is 5.34. The molecule has 0 radical (unpaired) electrons. The zero-order chi connectivity index (χ0) is 15.9. The van der Waals surface area contributed by atoms with Gasteiger partial charge in [0.2, 0.25) is 5.82 Å². The Morgan fingerprint density at radius 2 is 1.10 bits per heavy atom. The van der Waals surface area contributed by atoms with Crippen molar-refractivity contribution in [1.82, 2.24) is 0 Å². The van der Waals surface area contributed by atoms with E-state index in [-0.39, 0.29) is 0 Å². The molecular formula is C13H4F8. The van der Waals surface area contributed by atoms with Crippen molar-refractivity contribution in [2.24, 2.45) is 0 Å². The molecule has 0 atom stereocenters. The Morgan fingerprint density at radius 3 is 1.57 bits per heavy atom. The van der Waals surface area contributed by atoms with Crippen molar-refractivity contribution >= 4 is 0 Å². The van der Waals surface area contributed by atoms with Gasteiger partial charge in [-0.05, 0) is 0 Å². The second-order valence-corrected chi connectivity index (χ2v) is 3.95. The summed E-state index contributed by atoms with van der Waals surface area (Å²) >= 11 is 0. The fourth-order valence-corrected chi connectivity index (χ4v) is 1.75. The van der Waals surface area contributed by atoms with Gasteiger partial charge in [0.1, 0.15) is 5.82 Å². The molecular weight excluding hydrogens is 308 g/mol. The van der Waals surface area contributed by atoms with Crippen molar-refractivity contribution in [3.63, 3.8) is 0 Å². The minimum absolute atomic E-state index is 0.634. The number of benzene rings is 2. The van der Waals surface area contributed by atoms with E-state index >= 15 is 0 Å². The molecule has 0 unspecified atom stereocenters. The molecule has 0 amide bonds. The van der Waals surface area contributed by atoms with Gasteiger partial charge >= 0.3 is 0 Å². The van der Waals surface area contributed by atoms with E-state index in [1.165, 1.54) is 0 Å². The van der Waals surface area contributed by atoms with Gasteiger partial charge in [-0.1, -0.05) is 18.2 Å². The molecule has 0 aliphatic carbocycles. The highest BCUT2D eigenvalue weighted by Crippen LogP contribution is 2.35. The first-order valence-corrected chi connectivity index (χ1v) is 5.35. The summed E-state index contributed by atoms with van der Waals surface area (Å²) < 4.78 is 105. The van der Waals surface area contributed by atoms with Gasteiger partial charge < -0.3 is 0 Å². The predicted octanol–water partition coefficient (Wildman–Crippen LogP) is 5.13. The van der Waals surface area contributed by atoms with E-state index in [0.29, 0.717) is 12.1 Å². The summed E-state index contributed by atoms with van der Waals surface area (Å²) in [4.78, 5) is 0. The molecule has 0 aliphatic heterocycles. The van der Waals surface area contributed by atoms with Crippen LogP contribution in [0.15, 0.2) is 18.2 Å². The van der Waals surface area contributed by atoms with Crippen LogP contribution in [-0.2, 0) is 0 Å². The van der Waals surface area contributed by atoms with E-state index in [0.717, 1.165) is 6.07 Å². The zero-order valence-corrected chi connectivity index (χ0v) is 9.83. The van der Waals surface area contributed by atoms with E-state index in [1.54, 1.807) is 0 Å². The highest BCUT2D eigenvalue weighted by Gasteiger charge is 2.29. The third-order valence-corrected chi connectivity index (χ3v) is 2.74. The van der Waals surface area contributed by atoms with Gasteiger partial charge in [0.05, 0.1) is 11.1 Å². The lowest BCUT2D eigenvalue weighted by atomic mass is 10.0. The highest BCUT2D eigenvalue weighted by atomic mass is 19.3. The van der Waals surface area contributed by atoms with Crippen LogP contribution >= 0.6 is 0 Å². The fourth-order valence-electron chi connectivity index (χ4n) is 1.75. The summed E-state index contributed by atoms with van der Waals surface area (Å²) in [5, 5.41) is 0. The quantitative estimate of drug-likeness (QED) is 0.410. The van der Waals surface area contributed by atoms with Crippen molar-refractivity contribution < 1.29 is 35.1 Å². The van der Waals surface area contributed by atoms with Crippen molar-refractivity contribution in [1.29, 1.82) is 0 Å². The Bertz CT molecular complexity index is 679. The molecule has 0 bridgehead atoms. The molecule has 0 saturated carbocycles. The summed E-state index contributed by atoms with van der Waals surface area (Å²) in [5.41, 5.74) is -3.94. The van der Waals surface area contributed by atoms with Crippen LogP contribution in [0, 0.1) is 34.9 Å². The molecule has 8 heteroatoms. The highest BCUT2D eigenvalue weighted by molar-refractivity contribution is 5.67. The summed E-state index contributed by atoms with van der Waals surface area (Å²) in [6.07, 6.45) is -3.31. The molecule has 0 aromatic heterocycles. The number of alkyl halides is 2. The van der Waals surface area contributed by atoms with Crippen molar-refractivity contribution in [3.05, 3.63) is 58.7 Å². The minimum Gasteiger partial charge on any atom is -0.206 e. The van der Waals surface area contributed by atoms with E-state index in [2.05, 4.69) is 0 Å². The van der Waals surface area contributed by atoms with Gasteiger partial charge in [-0.15, -0.1) is 0 Å². The SMILES string of the molecule is Fc1c(-c2c(F)c(F)c(F)c(F)c2F)cccc1C(F)F. The number of halogens is 8. The summed E-state index contributed by atoms with van der Waals surface area (Å²) in [6.45, 7) is 0. The van der Waals surface area contributed by atoms with Crippen LogP contribution in [0.1, 0.15) is 12.0 Å². The Morgan fingerprint density at radius 1 is 0.619 bits per heavy atom. The van der Waals surface area contributed by atoms with Gasteiger partial charge in [0.15, 0.2) is 23.3 Å². The van der Waals surface area contributed by atoms with Crippen LogP contribution in [0.4, 0.5) is 35.1 Å². The third kappa shape index (κ3) is 2.34. The van der Waals surface area contributed by atoms with Crippen LogP contribution in [0.3, 0.4) is 0 Å². The van der Waals surface area contributed by atoms with Crippen LogP contribution in [-0.4, -0.2) is 0 Å². The lowest BCUT2D eigenvalue weighted by molar-refractivity contribution is 0.146. The number of hydrogen-bond donors (Lipinski definition) is 0. The molecule has 2 aromatic rings. The molecule has 21 heavy (non-hydrogen) atoms. The van der Waals surface area contributed by atoms with Crippen LogP contribution in [0.25, 0.3) is 11.1 Å². The first kappa shape index (κ1) is 15.3. The van der Waals surface area contributed by atoms with Gasteiger partial charge in [0.25, 0.3) is 6.43 Å². The normalized spacial score (nSPS) is 11.3. The average molecular weight is 312 g/mol. The molecule has 0 saturated heterocycles. The Labute approximate surface area is 112 Å². The first-order valence-electron chi connectivity index (χ1n) is 5.35. The van der Waals surface area contributed by atoms with E-state index in [9.17, 15) is 35.1 Å². The zero-order valence-electron chi connectivity index (χ0n) is 9.83. The summed E-state index contributed by atoms with van der Waals surface area (Å²) in [7, 11) is 0. The lowest BCUT2D eigenvalue weighted by Gasteiger charge is -2.11. The standard InChI is InChI=1S/C13H4F8/c14-7-4(2-1-3-5(7)13(20)21)6-8(15)10(17)12(19)11(18)9(6)16/h1-3,13H. The Balaban J connectivity index is 2.83. The molecule has 0 nitrogen and oxygen atoms in total. The van der Waals surface area contributed by atoms with Crippen molar-refractivity contribution in [3.8, 4) is 11.1 Å². The average Bonchev–Trinajstić information content (AvgIpc) is 2.44. The molecule has 2 aromatic carbocycles. The molecule has 0 aliphatic rings. The monoisotopic (exact) mass is 312 g/mol.